The molecule has 0 spiro atoms. The number of nitrogens with zero attached hydrogens (tertiary/aromatic N) is 1. The molecule has 0 bridgehead atoms. The number of aromatic hydroxyl groups is 1. The van der Waals surface area contributed by atoms with Gasteiger partial charge in [-0.15, -0.1) is 0 Å². The van der Waals surface area contributed by atoms with E-state index in [-0.39, 0.29) is 12.4 Å². The van der Waals surface area contributed by atoms with Crippen LogP contribution in [0.4, 0.5) is 0 Å². The number of phenols is 1. The smallest absolute Gasteiger partial charge is 0.123 e. The molecule has 2 N–H and O–H groups in total. The van der Waals surface area contributed by atoms with E-state index >= 15 is 0 Å². The van der Waals surface area contributed by atoms with Gasteiger partial charge in [-0.2, -0.15) is 0 Å². The molecule has 170 valence electrons. The van der Waals surface area contributed by atoms with Crippen LogP contribution >= 0.6 is 0 Å². The van der Waals surface area contributed by atoms with Crippen LogP contribution in [0.1, 0.15) is 36.8 Å². The van der Waals surface area contributed by atoms with Gasteiger partial charge >= 0.3 is 0 Å². The van der Waals surface area contributed by atoms with Crippen molar-refractivity contribution < 1.29 is 19.7 Å². The summed E-state index contributed by atoms with van der Waals surface area (Å²) in [4.78, 5) is 2.48. The number of aliphatic hydroxyl groups excluding tert-OH is 1. The van der Waals surface area contributed by atoms with Crippen molar-refractivity contribution in [1.82, 2.24) is 4.90 Å². The summed E-state index contributed by atoms with van der Waals surface area (Å²) < 4.78 is 11.9. The first kappa shape index (κ1) is 22.4. The summed E-state index contributed by atoms with van der Waals surface area (Å²) in [6, 6.07) is 17.6. The monoisotopic (exact) mass is 435 g/mol. The average molecular weight is 436 g/mol. The first-order valence-electron chi connectivity index (χ1n) is 11.7. The second-order valence-electron chi connectivity index (χ2n) is 8.44. The predicted molar refractivity (Wildman–Crippen MR) is 128 cm³/mol. The zero-order valence-corrected chi connectivity index (χ0v) is 18.6. The summed E-state index contributed by atoms with van der Waals surface area (Å²) in [5.41, 5.74) is 2.25. The number of fused-ring (bicyclic) bond motifs is 1. The maximum atomic E-state index is 9.86. The summed E-state index contributed by atoms with van der Waals surface area (Å²) in [6.45, 7) is 4.66. The topological polar surface area (TPSA) is 62.2 Å². The standard InChI is InChI=1S/C27H33NO4/c29-16-4-17-32-27-12-7-22-20-23(30)8-11-25(22)26(27)19-21-5-9-24(10-6-21)31-18-15-28-13-2-1-3-14-28/h5-12,20,29-30H,1-4,13-19H2. The Hall–Kier alpha value is -2.76. The molecule has 1 aliphatic rings. The Balaban J connectivity index is 1.44. The highest BCUT2D eigenvalue weighted by Gasteiger charge is 2.12. The van der Waals surface area contributed by atoms with Crippen molar-refractivity contribution in [3.8, 4) is 17.2 Å². The molecule has 1 heterocycles. The molecule has 4 rings (SSSR count). The number of aliphatic hydroxyl groups is 1. The zero-order chi connectivity index (χ0) is 22.2. The number of piperidine rings is 1. The van der Waals surface area contributed by atoms with Gasteiger partial charge in [-0.25, -0.2) is 0 Å². The summed E-state index contributed by atoms with van der Waals surface area (Å²) in [6.07, 6.45) is 5.26. The van der Waals surface area contributed by atoms with E-state index in [2.05, 4.69) is 17.0 Å². The van der Waals surface area contributed by atoms with Gasteiger partial charge in [0, 0.05) is 31.6 Å². The summed E-state index contributed by atoms with van der Waals surface area (Å²) in [5, 5.41) is 21.0. The van der Waals surface area contributed by atoms with E-state index < -0.39 is 0 Å². The molecule has 1 fully saturated rings. The minimum absolute atomic E-state index is 0.107. The largest absolute Gasteiger partial charge is 0.508 e. The quantitative estimate of drug-likeness (QED) is 0.450. The first-order valence-corrected chi connectivity index (χ1v) is 11.7. The molecule has 5 nitrogen and oxygen atoms in total. The second-order valence-corrected chi connectivity index (χ2v) is 8.44. The molecule has 0 aromatic heterocycles. The lowest BCUT2D eigenvalue weighted by atomic mass is 9.97. The van der Waals surface area contributed by atoms with Crippen LogP contribution in [0.15, 0.2) is 54.6 Å². The highest BCUT2D eigenvalue weighted by molar-refractivity contribution is 5.89. The number of rotatable bonds is 10. The van der Waals surface area contributed by atoms with Crippen molar-refractivity contribution in [3.63, 3.8) is 0 Å². The number of hydrogen-bond donors (Lipinski definition) is 2. The molecule has 5 heteroatoms. The van der Waals surface area contributed by atoms with Crippen LogP contribution in [-0.2, 0) is 6.42 Å². The van der Waals surface area contributed by atoms with Gasteiger partial charge in [0.05, 0.1) is 6.61 Å². The third-order valence-electron chi connectivity index (χ3n) is 6.06. The van der Waals surface area contributed by atoms with E-state index in [1.165, 1.54) is 37.9 Å². The molecule has 0 unspecified atom stereocenters. The van der Waals surface area contributed by atoms with Crippen LogP contribution in [-0.4, -0.2) is 54.6 Å². The Kier molecular flexibility index (Phi) is 7.86. The van der Waals surface area contributed by atoms with Crippen molar-refractivity contribution >= 4 is 10.8 Å². The lowest BCUT2D eigenvalue weighted by molar-refractivity contribution is 0.183. The van der Waals surface area contributed by atoms with Crippen molar-refractivity contribution in [2.45, 2.75) is 32.1 Å². The molecule has 1 saturated heterocycles. The van der Waals surface area contributed by atoms with E-state index in [0.29, 0.717) is 19.4 Å². The van der Waals surface area contributed by atoms with Crippen LogP contribution in [0.3, 0.4) is 0 Å². The molecule has 0 saturated carbocycles. The van der Waals surface area contributed by atoms with E-state index in [9.17, 15) is 5.11 Å². The van der Waals surface area contributed by atoms with Crippen LogP contribution in [0.25, 0.3) is 10.8 Å². The Morgan fingerprint density at radius 1 is 0.844 bits per heavy atom. The van der Waals surface area contributed by atoms with Gasteiger partial charge in [-0.1, -0.05) is 30.7 Å². The van der Waals surface area contributed by atoms with E-state index in [1.54, 1.807) is 12.1 Å². The number of phenolic OH excluding ortho intramolecular Hbond substituents is 1. The van der Waals surface area contributed by atoms with E-state index in [0.717, 1.165) is 41.0 Å². The molecule has 0 aliphatic carbocycles. The van der Waals surface area contributed by atoms with Gasteiger partial charge < -0.3 is 19.7 Å². The van der Waals surface area contributed by atoms with Gasteiger partial charge in [0.2, 0.25) is 0 Å². The Morgan fingerprint density at radius 2 is 1.66 bits per heavy atom. The van der Waals surface area contributed by atoms with Crippen LogP contribution in [0.5, 0.6) is 17.2 Å². The fraction of sp³-hybridized carbons (Fsp3) is 0.407. The van der Waals surface area contributed by atoms with Crippen LogP contribution < -0.4 is 9.47 Å². The Labute approximate surface area is 190 Å². The summed E-state index contributed by atoms with van der Waals surface area (Å²) >= 11 is 0. The first-order chi connectivity index (χ1) is 15.7. The molecular formula is C27H33NO4. The third-order valence-corrected chi connectivity index (χ3v) is 6.06. The van der Waals surface area contributed by atoms with Crippen molar-refractivity contribution in [2.75, 3.05) is 39.5 Å². The molecular weight excluding hydrogens is 402 g/mol. The maximum Gasteiger partial charge on any atom is 0.123 e. The average Bonchev–Trinajstić information content (AvgIpc) is 2.82. The molecule has 1 aliphatic heterocycles. The molecule has 3 aromatic carbocycles. The predicted octanol–water partition coefficient (Wildman–Crippen LogP) is 4.76. The summed E-state index contributed by atoms with van der Waals surface area (Å²) in [7, 11) is 0. The second kappa shape index (κ2) is 11.2. The van der Waals surface area contributed by atoms with Crippen LogP contribution in [0, 0.1) is 0 Å². The van der Waals surface area contributed by atoms with Gasteiger partial charge in [-0.3, -0.25) is 4.90 Å². The Morgan fingerprint density at radius 3 is 2.44 bits per heavy atom. The summed E-state index contributed by atoms with van der Waals surface area (Å²) in [5.74, 6) is 1.97. The van der Waals surface area contributed by atoms with E-state index in [4.69, 9.17) is 14.6 Å². The van der Waals surface area contributed by atoms with Crippen LogP contribution in [0.2, 0.25) is 0 Å². The zero-order valence-electron chi connectivity index (χ0n) is 18.6. The normalized spacial score (nSPS) is 14.5. The molecule has 32 heavy (non-hydrogen) atoms. The maximum absolute atomic E-state index is 9.86. The van der Waals surface area contributed by atoms with Crippen molar-refractivity contribution in [1.29, 1.82) is 0 Å². The molecule has 0 amide bonds. The highest BCUT2D eigenvalue weighted by Crippen LogP contribution is 2.32. The lowest BCUT2D eigenvalue weighted by Gasteiger charge is -2.26. The lowest BCUT2D eigenvalue weighted by Crippen LogP contribution is -2.33. The number of benzene rings is 3. The molecule has 0 radical (unpaired) electrons. The van der Waals surface area contributed by atoms with Gasteiger partial charge in [0.25, 0.3) is 0 Å². The molecule has 0 atom stereocenters. The fourth-order valence-corrected chi connectivity index (χ4v) is 4.31. The van der Waals surface area contributed by atoms with Gasteiger partial charge in [0.1, 0.15) is 23.9 Å². The minimum Gasteiger partial charge on any atom is -0.508 e. The third kappa shape index (κ3) is 5.93. The van der Waals surface area contributed by atoms with Gasteiger partial charge in [0.15, 0.2) is 0 Å². The Bertz CT molecular complexity index is 996. The SMILES string of the molecule is OCCCOc1ccc2cc(O)ccc2c1Cc1ccc(OCCN2CCCCC2)cc1. The van der Waals surface area contributed by atoms with Crippen molar-refractivity contribution in [3.05, 3.63) is 65.7 Å². The number of likely N-dealkylation sites (tertiary alicyclic amines) is 1. The number of hydrogen-bond acceptors (Lipinski definition) is 5. The number of ether oxygens (including phenoxy) is 2. The van der Waals surface area contributed by atoms with E-state index in [1.807, 2.05) is 30.3 Å². The van der Waals surface area contributed by atoms with Gasteiger partial charge in [-0.05, 0) is 72.6 Å². The minimum atomic E-state index is 0.107. The highest BCUT2D eigenvalue weighted by atomic mass is 16.5. The van der Waals surface area contributed by atoms with Crippen molar-refractivity contribution in [2.24, 2.45) is 0 Å². The molecule has 3 aromatic rings. The fourth-order valence-electron chi connectivity index (χ4n) is 4.31.